The molecule has 0 aliphatic heterocycles. The highest BCUT2D eigenvalue weighted by Crippen LogP contribution is 2.42. The number of hydrogen-bond acceptors (Lipinski definition) is 1. The quantitative estimate of drug-likeness (QED) is 0.851. The molecule has 1 N–H and O–H groups in total. The normalized spacial score (nSPS) is 24.2. The van der Waals surface area contributed by atoms with Gasteiger partial charge in [0.1, 0.15) is 0 Å². The van der Waals surface area contributed by atoms with Crippen molar-refractivity contribution in [2.45, 2.75) is 32.1 Å². The zero-order chi connectivity index (χ0) is 12.3. The smallest absolute Gasteiger partial charge is 0.0441 e. The van der Waals surface area contributed by atoms with Gasteiger partial charge in [0.05, 0.1) is 0 Å². The molecular weight excluding hydrogens is 253 g/mol. The minimum atomic E-state index is 0.570. The van der Waals surface area contributed by atoms with Gasteiger partial charge in [-0.15, -0.1) is 0 Å². The second-order valence-electron chi connectivity index (χ2n) is 4.77. The highest BCUT2D eigenvalue weighted by molar-refractivity contribution is 6.33. The van der Waals surface area contributed by atoms with Crippen LogP contribution in [0.4, 0.5) is 0 Å². The van der Waals surface area contributed by atoms with Crippen LogP contribution < -0.4 is 5.32 Å². The van der Waals surface area contributed by atoms with E-state index in [0.717, 1.165) is 23.1 Å². The van der Waals surface area contributed by atoms with Gasteiger partial charge in [0.2, 0.25) is 0 Å². The van der Waals surface area contributed by atoms with E-state index < -0.39 is 0 Å². The lowest BCUT2D eigenvalue weighted by atomic mass is 9.89. The summed E-state index contributed by atoms with van der Waals surface area (Å²) in [5.41, 5.74) is 1.24. The van der Waals surface area contributed by atoms with Gasteiger partial charge in [0.25, 0.3) is 0 Å². The molecule has 0 spiro atoms. The molecule has 2 unspecified atom stereocenters. The molecule has 0 radical (unpaired) electrons. The molecule has 2 rings (SSSR count). The molecule has 0 amide bonds. The van der Waals surface area contributed by atoms with Crippen molar-refractivity contribution in [2.75, 3.05) is 13.1 Å². The number of hydrogen-bond donors (Lipinski definition) is 1. The average Bonchev–Trinajstić information content (AvgIpc) is 2.77. The van der Waals surface area contributed by atoms with Crippen molar-refractivity contribution < 1.29 is 0 Å². The van der Waals surface area contributed by atoms with Gasteiger partial charge in [-0.1, -0.05) is 36.5 Å². The van der Waals surface area contributed by atoms with Crippen LogP contribution in [0.15, 0.2) is 18.2 Å². The van der Waals surface area contributed by atoms with Crippen molar-refractivity contribution in [1.29, 1.82) is 0 Å². The highest BCUT2D eigenvalue weighted by atomic mass is 35.5. The maximum Gasteiger partial charge on any atom is 0.0441 e. The van der Waals surface area contributed by atoms with E-state index in [4.69, 9.17) is 23.2 Å². The Morgan fingerprint density at radius 1 is 1.29 bits per heavy atom. The lowest BCUT2D eigenvalue weighted by Gasteiger charge is -2.21. The van der Waals surface area contributed by atoms with Crippen LogP contribution in [0.3, 0.4) is 0 Å². The fourth-order valence-electron chi connectivity index (χ4n) is 2.82. The zero-order valence-electron chi connectivity index (χ0n) is 10.2. The first-order chi connectivity index (χ1) is 8.22. The Kier molecular flexibility index (Phi) is 4.72. The molecule has 3 heteroatoms. The van der Waals surface area contributed by atoms with E-state index in [1.165, 1.54) is 24.8 Å². The predicted molar refractivity (Wildman–Crippen MR) is 75.1 cm³/mol. The maximum absolute atomic E-state index is 6.30. The summed E-state index contributed by atoms with van der Waals surface area (Å²) in [7, 11) is 0. The van der Waals surface area contributed by atoms with Crippen LogP contribution in [0.25, 0.3) is 0 Å². The molecule has 1 nitrogen and oxygen atoms in total. The van der Waals surface area contributed by atoms with Gasteiger partial charge < -0.3 is 5.32 Å². The summed E-state index contributed by atoms with van der Waals surface area (Å²) in [6.07, 6.45) is 3.82. The molecule has 1 fully saturated rings. The van der Waals surface area contributed by atoms with Crippen LogP contribution in [0, 0.1) is 5.92 Å². The fourth-order valence-corrected chi connectivity index (χ4v) is 3.26. The third kappa shape index (κ3) is 3.15. The Labute approximate surface area is 114 Å². The van der Waals surface area contributed by atoms with E-state index in [1.54, 1.807) is 0 Å². The van der Waals surface area contributed by atoms with E-state index in [0.29, 0.717) is 11.8 Å². The van der Waals surface area contributed by atoms with E-state index in [1.807, 2.05) is 18.2 Å². The number of rotatable bonds is 4. The Bertz CT molecular complexity index is 378. The van der Waals surface area contributed by atoms with Crippen molar-refractivity contribution in [2.24, 2.45) is 5.92 Å². The summed E-state index contributed by atoms with van der Waals surface area (Å²) >= 11 is 12.4. The zero-order valence-corrected chi connectivity index (χ0v) is 11.7. The summed E-state index contributed by atoms with van der Waals surface area (Å²) in [6, 6.07) is 5.82. The number of nitrogens with one attached hydrogen (secondary N) is 1. The first-order valence-corrected chi connectivity index (χ1v) is 7.13. The minimum absolute atomic E-state index is 0.570. The van der Waals surface area contributed by atoms with Gasteiger partial charge >= 0.3 is 0 Å². The third-order valence-corrected chi connectivity index (χ3v) is 4.25. The van der Waals surface area contributed by atoms with Gasteiger partial charge in [-0.05, 0) is 61.5 Å². The van der Waals surface area contributed by atoms with Crippen LogP contribution in [0.5, 0.6) is 0 Å². The van der Waals surface area contributed by atoms with E-state index in [9.17, 15) is 0 Å². The molecule has 0 heterocycles. The Morgan fingerprint density at radius 3 is 2.88 bits per heavy atom. The summed E-state index contributed by atoms with van der Waals surface area (Å²) in [5.74, 6) is 1.27. The Hall–Kier alpha value is -0.240. The maximum atomic E-state index is 6.30. The standard InChI is InChI=1S/C14H19Cl2N/c1-2-17-9-10-4-3-5-12(10)13-8-11(15)6-7-14(13)16/h6-8,10,12,17H,2-5,9H2,1H3. The van der Waals surface area contributed by atoms with Crippen LogP contribution in [-0.2, 0) is 0 Å². The first-order valence-electron chi connectivity index (χ1n) is 6.38. The van der Waals surface area contributed by atoms with E-state index in [-0.39, 0.29) is 0 Å². The van der Waals surface area contributed by atoms with Crippen LogP contribution >= 0.6 is 23.2 Å². The second-order valence-corrected chi connectivity index (χ2v) is 5.61. The molecule has 0 aromatic heterocycles. The largest absolute Gasteiger partial charge is 0.317 e. The monoisotopic (exact) mass is 271 g/mol. The summed E-state index contributed by atoms with van der Waals surface area (Å²) < 4.78 is 0. The Balaban J connectivity index is 2.16. The Morgan fingerprint density at radius 2 is 2.12 bits per heavy atom. The van der Waals surface area contributed by atoms with Crippen molar-refractivity contribution >= 4 is 23.2 Å². The van der Waals surface area contributed by atoms with Gasteiger partial charge in [-0.25, -0.2) is 0 Å². The van der Waals surface area contributed by atoms with Gasteiger partial charge in [0, 0.05) is 10.0 Å². The fraction of sp³-hybridized carbons (Fsp3) is 0.571. The van der Waals surface area contributed by atoms with Crippen molar-refractivity contribution in [1.82, 2.24) is 5.32 Å². The van der Waals surface area contributed by atoms with Crippen LogP contribution in [0.1, 0.15) is 37.7 Å². The summed E-state index contributed by atoms with van der Waals surface area (Å²) in [5, 5.41) is 5.10. The molecule has 2 atom stereocenters. The van der Waals surface area contributed by atoms with Crippen LogP contribution in [-0.4, -0.2) is 13.1 Å². The molecular formula is C14H19Cl2N. The molecule has 1 aliphatic carbocycles. The lowest BCUT2D eigenvalue weighted by Crippen LogP contribution is -2.24. The van der Waals surface area contributed by atoms with Gasteiger partial charge in [-0.3, -0.25) is 0 Å². The van der Waals surface area contributed by atoms with E-state index in [2.05, 4.69) is 12.2 Å². The van der Waals surface area contributed by atoms with Crippen molar-refractivity contribution in [3.63, 3.8) is 0 Å². The number of benzene rings is 1. The SMILES string of the molecule is CCNCC1CCCC1c1cc(Cl)ccc1Cl. The summed E-state index contributed by atoms with van der Waals surface area (Å²) in [6.45, 7) is 4.27. The van der Waals surface area contributed by atoms with Crippen LogP contribution in [0.2, 0.25) is 10.0 Å². The topological polar surface area (TPSA) is 12.0 Å². The van der Waals surface area contributed by atoms with Gasteiger partial charge in [0.15, 0.2) is 0 Å². The third-order valence-electron chi connectivity index (χ3n) is 3.67. The second kappa shape index (κ2) is 6.08. The molecule has 1 aliphatic rings. The first kappa shape index (κ1) is 13.2. The highest BCUT2D eigenvalue weighted by Gasteiger charge is 2.29. The minimum Gasteiger partial charge on any atom is -0.317 e. The van der Waals surface area contributed by atoms with Crippen molar-refractivity contribution in [3.8, 4) is 0 Å². The molecule has 1 aromatic rings. The molecule has 0 bridgehead atoms. The van der Waals surface area contributed by atoms with Gasteiger partial charge in [-0.2, -0.15) is 0 Å². The molecule has 17 heavy (non-hydrogen) atoms. The average molecular weight is 272 g/mol. The predicted octanol–water partition coefficient (Wildman–Crippen LogP) is 4.49. The molecule has 1 aromatic carbocycles. The molecule has 94 valence electrons. The molecule has 1 saturated carbocycles. The van der Waals surface area contributed by atoms with Crippen molar-refractivity contribution in [3.05, 3.63) is 33.8 Å². The number of halogens is 2. The molecule has 0 saturated heterocycles. The van der Waals surface area contributed by atoms with E-state index >= 15 is 0 Å². The summed E-state index contributed by atoms with van der Waals surface area (Å²) in [4.78, 5) is 0. The lowest BCUT2D eigenvalue weighted by molar-refractivity contribution is 0.450.